The molecule has 0 aliphatic heterocycles. The number of aliphatic hydroxyl groups is 1. The van der Waals surface area contributed by atoms with E-state index in [1.165, 1.54) is 0 Å². The number of amides is 1. The number of nitrogens with zero attached hydrogens (tertiary/aromatic N) is 2. The maximum Gasteiger partial charge on any atom is 0.251 e. The van der Waals surface area contributed by atoms with E-state index in [2.05, 4.69) is 20.9 Å². The SMILES string of the molecule is CCNC(=NCc1cccc(C(=O)NCCN(C)C)c1)NCC(C)(O)c1cc(C)oc1C.I. The summed E-state index contributed by atoms with van der Waals surface area (Å²) in [6.07, 6.45) is 0. The van der Waals surface area contributed by atoms with Gasteiger partial charge < -0.3 is 30.4 Å². The molecule has 0 aliphatic carbocycles. The van der Waals surface area contributed by atoms with Crippen molar-refractivity contribution < 1.29 is 14.3 Å². The van der Waals surface area contributed by atoms with Gasteiger partial charge in [-0.25, -0.2) is 4.99 Å². The number of likely N-dealkylation sites (N-methyl/N-ethyl adjacent to an activating group) is 1. The highest BCUT2D eigenvalue weighted by molar-refractivity contribution is 14.0. The van der Waals surface area contributed by atoms with Crippen molar-refractivity contribution in [2.45, 2.75) is 39.8 Å². The van der Waals surface area contributed by atoms with Gasteiger partial charge in [0.2, 0.25) is 0 Å². The molecule has 1 unspecified atom stereocenters. The number of aliphatic imine (C=N–C) groups is 1. The molecular weight excluding hydrogens is 533 g/mol. The maximum absolute atomic E-state index is 12.4. The summed E-state index contributed by atoms with van der Waals surface area (Å²) in [6, 6.07) is 9.31. The molecule has 1 aromatic carbocycles. The van der Waals surface area contributed by atoms with Gasteiger partial charge >= 0.3 is 0 Å². The number of halogens is 1. The first-order chi connectivity index (χ1) is 15.1. The van der Waals surface area contributed by atoms with Crippen LogP contribution >= 0.6 is 24.0 Å². The molecule has 0 spiro atoms. The predicted octanol–water partition coefficient (Wildman–Crippen LogP) is 2.77. The number of aryl methyl sites for hydroxylation is 2. The number of carbonyl (C=O) groups excluding carboxylic acids is 1. The van der Waals surface area contributed by atoms with Gasteiger partial charge in [-0.05, 0) is 65.6 Å². The standard InChI is InChI=1S/C24H37N5O3.HI/c1-7-25-23(28-16-24(4,31)21-13-17(2)32-18(21)3)27-15-19-9-8-10-20(14-19)22(30)26-11-12-29(5)6;/h8-10,13-14,31H,7,11-12,15-16H2,1-6H3,(H,26,30)(H2,25,27,28);1H. The van der Waals surface area contributed by atoms with E-state index in [0.29, 0.717) is 36.9 Å². The Balaban J connectivity index is 0.00000544. The van der Waals surface area contributed by atoms with Crippen LogP contribution in [0.1, 0.15) is 46.9 Å². The molecule has 2 aromatic rings. The summed E-state index contributed by atoms with van der Waals surface area (Å²) in [5, 5.41) is 20.3. The van der Waals surface area contributed by atoms with Crippen molar-refractivity contribution in [3.05, 3.63) is 58.5 Å². The Kier molecular flexibility index (Phi) is 11.9. The number of carbonyl (C=O) groups is 1. The lowest BCUT2D eigenvalue weighted by atomic mass is 9.96. The van der Waals surface area contributed by atoms with Gasteiger partial charge in [-0.3, -0.25) is 4.79 Å². The van der Waals surface area contributed by atoms with Crippen molar-refractivity contribution in [3.8, 4) is 0 Å². The summed E-state index contributed by atoms with van der Waals surface area (Å²) >= 11 is 0. The summed E-state index contributed by atoms with van der Waals surface area (Å²) in [6.45, 7) is 10.2. The number of hydrogen-bond donors (Lipinski definition) is 4. The van der Waals surface area contributed by atoms with Crippen LogP contribution in [-0.4, -0.2) is 62.1 Å². The first kappa shape index (κ1) is 28.9. The molecule has 0 bridgehead atoms. The average molecular weight is 572 g/mol. The second-order valence-electron chi connectivity index (χ2n) is 8.41. The summed E-state index contributed by atoms with van der Waals surface area (Å²) in [4.78, 5) is 19.0. The van der Waals surface area contributed by atoms with Crippen LogP contribution in [0.5, 0.6) is 0 Å². The number of benzene rings is 1. The van der Waals surface area contributed by atoms with Gasteiger partial charge in [-0.2, -0.15) is 0 Å². The molecule has 0 saturated heterocycles. The fraction of sp³-hybridized carbons (Fsp3) is 0.500. The minimum Gasteiger partial charge on any atom is -0.466 e. The third kappa shape index (κ3) is 9.34. The molecule has 184 valence electrons. The first-order valence-corrected chi connectivity index (χ1v) is 11.0. The number of nitrogens with one attached hydrogen (secondary N) is 3. The number of guanidine groups is 1. The van der Waals surface area contributed by atoms with Crippen molar-refractivity contribution in [2.24, 2.45) is 4.99 Å². The molecule has 0 radical (unpaired) electrons. The van der Waals surface area contributed by atoms with Crippen LogP contribution in [0.2, 0.25) is 0 Å². The zero-order chi connectivity index (χ0) is 23.7. The van der Waals surface area contributed by atoms with Gasteiger partial charge in [-0.1, -0.05) is 12.1 Å². The molecule has 33 heavy (non-hydrogen) atoms. The Morgan fingerprint density at radius 2 is 1.91 bits per heavy atom. The predicted molar refractivity (Wildman–Crippen MR) is 143 cm³/mol. The van der Waals surface area contributed by atoms with E-state index in [9.17, 15) is 9.90 Å². The van der Waals surface area contributed by atoms with Gasteiger partial charge in [-0.15, -0.1) is 24.0 Å². The molecule has 1 amide bonds. The molecule has 2 rings (SSSR count). The van der Waals surface area contributed by atoms with Crippen LogP contribution in [0.3, 0.4) is 0 Å². The molecule has 1 heterocycles. The summed E-state index contributed by atoms with van der Waals surface area (Å²) in [7, 11) is 3.94. The van der Waals surface area contributed by atoms with Crippen molar-refractivity contribution in [3.63, 3.8) is 0 Å². The Labute approximate surface area is 214 Å². The molecule has 0 aliphatic rings. The lowest BCUT2D eigenvalue weighted by Crippen LogP contribution is -2.44. The van der Waals surface area contributed by atoms with Gasteiger partial charge in [0, 0.05) is 30.8 Å². The molecule has 9 heteroatoms. The number of furan rings is 1. The third-order valence-corrected chi connectivity index (χ3v) is 5.02. The van der Waals surface area contributed by atoms with Crippen molar-refractivity contribution in [2.75, 3.05) is 40.3 Å². The molecule has 0 fully saturated rings. The molecule has 1 aromatic heterocycles. The number of hydrogen-bond acceptors (Lipinski definition) is 5. The van der Waals surface area contributed by atoms with Crippen LogP contribution in [-0.2, 0) is 12.1 Å². The zero-order valence-electron chi connectivity index (χ0n) is 20.5. The van der Waals surface area contributed by atoms with Crippen molar-refractivity contribution in [1.29, 1.82) is 0 Å². The van der Waals surface area contributed by atoms with E-state index in [-0.39, 0.29) is 36.4 Å². The minimum absolute atomic E-state index is 0. The topological polar surface area (TPSA) is 102 Å². The largest absolute Gasteiger partial charge is 0.466 e. The fourth-order valence-electron chi connectivity index (χ4n) is 3.33. The van der Waals surface area contributed by atoms with Crippen LogP contribution < -0.4 is 16.0 Å². The summed E-state index contributed by atoms with van der Waals surface area (Å²) < 4.78 is 5.56. The maximum atomic E-state index is 12.4. The highest BCUT2D eigenvalue weighted by Gasteiger charge is 2.27. The molecule has 4 N–H and O–H groups in total. The van der Waals surface area contributed by atoms with Crippen molar-refractivity contribution >= 4 is 35.8 Å². The first-order valence-electron chi connectivity index (χ1n) is 11.0. The van der Waals surface area contributed by atoms with E-state index in [4.69, 9.17) is 4.42 Å². The summed E-state index contributed by atoms with van der Waals surface area (Å²) in [5.74, 6) is 1.97. The lowest BCUT2D eigenvalue weighted by Gasteiger charge is -2.24. The zero-order valence-corrected chi connectivity index (χ0v) is 22.8. The lowest BCUT2D eigenvalue weighted by molar-refractivity contribution is 0.0601. The molecule has 8 nitrogen and oxygen atoms in total. The van der Waals surface area contributed by atoms with Gasteiger partial charge in [0.15, 0.2) is 5.96 Å². The molecule has 0 saturated carbocycles. The van der Waals surface area contributed by atoms with E-state index in [0.717, 1.165) is 23.4 Å². The Bertz CT molecular complexity index is 925. The second kappa shape index (κ2) is 13.6. The second-order valence-corrected chi connectivity index (χ2v) is 8.41. The van der Waals surface area contributed by atoms with E-state index in [1.54, 1.807) is 13.0 Å². The normalized spacial score (nSPS) is 13.3. The average Bonchev–Trinajstić information content (AvgIpc) is 3.09. The number of rotatable bonds is 10. The van der Waals surface area contributed by atoms with Crippen molar-refractivity contribution in [1.82, 2.24) is 20.9 Å². The van der Waals surface area contributed by atoms with Gasteiger partial charge in [0.05, 0.1) is 13.1 Å². The monoisotopic (exact) mass is 571 g/mol. The minimum atomic E-state index is -1.11. The Hall–Kier alpha value is -2.11. The summed E-state index contributed by atoms with van der Waals surface area (Å²) in [5.41, 5.74) is 1.19. The fourth-order valence-corrected chi connectivity index (χ4v) is 3.33. The van der Waals surface area contributed by atoms with Crippen LogP contribution in [0, 0.1) is 13.8 Å². The van der Waals surface area contributed by atoms with Crippen LogP contribution in [0.4, 0.5) is 0 Å². The van der Waals surface area contributed by atoms with Crippen LogP contribution in [0.25, 0.3) is 0 Å². The quantitative estimate of drug-likeness (QED) is 0.199. The van der Waals surface area contributed by atoms with E-state index in [1.807, 2.05) is 64.0 Å². The van der Waals surface area contributed by atoms with E-state index < -0.39 is 5.60 Å². The van der Waals surface area contributed by atoms with E-state index >= 15 is 0 Å². The Morgan fingerprint density at radius 3 is 2.52 bits per heavy atom. The van der Waals surface area contributed by atoms with Crippen LogP contribution in [0.15, 0.2) is 39.7 Å². The highest BCUT2D eigenvalue weighted by atomic mass is 127. The third-order valence-electron chi connectivity index (χ3n) is 5.02. The smallest absolute Gasteiger partial charge is 0.251 e. The molecular formula is C24H38IN5O3. The highest BCUT2D eigenvalue weighted by Crippen LogP contribution is 2.26. The van der Waals surface area contributed by atoms with Gasteiger partial charge in [0.25, 0.3) is 5.91 Å². The van der Waals surface area contributed by atoms with Gasteiger partial charge in [0.1, 0.15) is 17.1 Å². The Morgan fingerprint density at radius 1 is 1.18 bits per heavy atom. The molecule has 1 atom stereocenters.